The first-order valence-electron chi connectivity index (χ1n) is 6.99. The highest BCUT2D eigenvalue weighted by Crippen LogP contribution is 2.24. The van der Waals surface area contributed by atoms with Crippen molar-refractivity contribution >= 4 is 5.69 Å². The molecule has 0 aliphatic carbocycles. The maximum Gasteiger partial charge on any atom is 0.270 e. The fourth-order valence-electron chi connectivity index (χ4n) is 1.66. The standard InChI is InChI=1S/C15H25N3O3/c1-15(2,3)16-11-12-10-13(18(19)20)6-7-14(12)21-9-8-17(4)5/h6-7,10,16H,8-9,11H2,1-5H3. The van der Waals surface area contributed by atoms with E-state index >= 15 is 0 Å². The number of nitrogens with zero attached hydrogens (tertiary/aromatic N) is 2. The third kappa shape index (κ3) is 6.55. The molecule has 0 bridgehead atoms. The zero-order valence-electron chi connectivity index (χ0n) is 13.5. The molecule has 0 saturated carbocycles. The number of hydrogen-bond acceptors (Lipinski definition) is 5. The van der Waals surface area contributed by atoms with E-state index in [9.17, 15) is 10.1 Å². The van der Waals surface area contributed by atoms with Crippen LogP contribution in [0, 0.1) is 10.1 Å². The van der Waals surface area contributed by atoms with Gasteiger partial charge in [-0.1, -0.05) is 0 Å². The Morgan fingerprint density at radius 3 is 2.52 bits per heavy atom. The molecule has 1 aromatic rings. The number of likely N-dealkylation sites (N-methyl/N-ethyl adjacent to an activating group) is 1. The second-order valence-corrected chi connectivity index (χ2v) is 6.30. The Kier molecular flexibility index (Phi) is 6.11. The lowest BCUT2D eigenvalue weighted by Crippen LogP contribution is -2.35. The summed E-state index contributed by atoms with van der Waals surface area (Å²) in [6, 6.07) is 4.72. The van der Waals surface area contributed by atoms with Crippen LogP contribution < -0.4 is 10.1 Å². The van der Waals surface area contributed by atoms with Crippen molar-refractivity contribution in [3.05, 3.63) is 33.9 Å². The van der Waals surface area contributed by atoms with Gasteiger partial charge in [0.05, 0.1) is 4.92 Å². The predicted octanol–water partition coefficient (Wildman–Crippen LogP) is 2.42. The molecule has 0 spiro atoms. The third-order valence-electron chi connectivity index (χ3n) is 2.86. The van der Waals surface area contributed by atoms with Crippen LogP contribution in [0.3, 0.4) is 0 Å². The minimum absolute atomic E-state index is 0.0640. The Bertz CT molecular complexity index is 482. The summed E-state index contributed by atoms with van der Waals surface area (Å²) in [5.74, 6) is 0.694. The third-order valence-corrected chi connectivity index (χ3v) is 2.86. The van der Waals surface area contributed by atoms with E-state index in [1.165, 1.54) is 6.07 Å². The maximum atomic E-state index is 10.9. The molecule has 0 atom stereocenters. The average molecular weight is 295 g/mol. The second kappa shape index (κ2) is 7.38. The van der Waals surface area contributed by atoms with Crippen LogP contribution in [0.5, 0.6) is 5.75 Å². The van der Waals surface area contributed by atoms with Crippen molar-refractivity contribution in [1.29, 1.82) is 0 Å². The molecule has 0 fully saturated rings. The lowest BCUT2D eigenvalue weighted by Gasteiger charge is -2.22. The first-order chi connectivity index (χ1) is 9.69. The zero-order valence-corrected chi connectivity index (χ0v) is 13.5. The van der Waals surface area contributed by atoms with Crippen molar-refractivity contribution in [2.75, 3.05) is 27.2 Å². The second-order valence-electron chi connectivity index (χ2n) is 6.30. The Morgan fingerprint density at radius 1 is 1.33 bits per heavy atom. The van der Waals surface area contributed by atoms with Gasteiger partial charge in [0.1, 0.15) is 12.4 Å². The van der Waals surface area contributed by atoms with Crippen molar-refractivity contribution < 1.29 is 9.66 Å². The van der Waals surface area contributed by atoms with E-state index in [2.05, 4.69) is 26.1 Å². The van der Waals surface area contributed by atoms with Gasteiger partial charge in [0, 0.05) is 36.3 Å². The summed E-state index contributed by atoms with van der Waals surface area (Å²) in [4.78, 5) is 12.5. The Morgan fingerprint density at radius 2 is 2.00 bits per heavy atom. The van der Waals surface area contributed by atoms with Crippen LogP contribution in [0.15, 0.2) is 18.2 Å². The van der Waals surface area contributed by atoms with E-state index in [0.29, 0.717) is 18.9 Å². The molecule has 6 nitrogen and oxygen atoms in total. The van der Waals surface area contributed by atoms with Gasteiger partial charge in [-0.3, -0.25) is 10.1 Å². The first-order valence-corrected chi connectivity index (χ1v) is 6.99. The molecule has 0 radical (unpaired) electrons. The number of rotatable bonds is 7. The van der Waals surface area contributed by atoms with Gasteiger partial charge in [-0.25, -0.2) is 0 Å². The van der Waals surface area contributed by atoms with E-state index in [-0.39, 0.29) is 16.1 Å². The Balaban J connectivity index is 2.86. The fourth-order valence-corrected chi connectivity index (χ4v) is 1.66. The van der Waals surface area contributed by atoms with Crippen molar-refractivity contribution in [2.24, 2.45) is 0 Å². The van der Waals surface area contributed by atoms with Gasteiger partial charge < -0.3 is 15.0 Å². The Hall–Kier alpha value is -1.66. The van der Waals surface area contributed by atoms with Crippen LogP contribution in [0.25, 0.3) is 0 Å². The number of ether oxygens (including phenoxy) is 1. The van der Waals surface area contributed by atoms with Gasteiger partial charge in [0.2, 0.25) is 0 Å². The minimum atomic E-state index is -0.385. The lowest BCUT2D eigenvalue weighted by atomic mass is 10.1. The molecule has 21 heavy (non-hydrogen) atoms. The van der Waals surface area contributed by atoms with Crippen molar-refractivity contribution in [3.63, 3.8) is 0 Å². The monoisotopic (exact) mass is 295 g/mol. The molecule has 0 amide bonds. The summed E-state index contributed by atoms with van der Waals surface area (Å²) >= 11 is 0. The highest BCUT2D eigenvalue weighted by atomic mass is 16.6. The van der Waals surface area contributed by atoms with E-state index < -0.39 is 0 Å². The van der Waals surface area contributed by atoms with Crippen molar-refractivity contribution in [3.8, 4) is 5.75 Å². The van der Waals surface area contributed by atoms with Gasteiger partial charge in [-0.15, -0.1) is 0 Å². The molecule has 0 heterocycles. The molecule has 1 rings (SSSR count). The zero-order chi connectivity index (χ0) is 16.0. The molecule has 0 aromatic heterocycles. The number of hydrogen-bond donors (Lipinski definition) is 1. The summed E-state index contributed by atoms with van der Waals surface area (Å²) in [6.07, 6.45) is 0. The highest BCUT2D eigenvalue weighted by molar-refractivity contribution is 5.43. The molecule has 1 aromatic carbocycles. The Labute approximate surface area is 126 Å². The molecular weight excluding hydrogens is 270 g/mol. The topological polar surface area (TPSA) is 67.6 Å². The van der Waals surface area contributed by atoms with Crippen LogP contribution in [-0.2, 0) is 6.54 Å². The van der Waals surface area contributed by atoms with Gasteiger partial charge in [-0.2, -0.15) is 0 Å². The van der Waals surface area contributed by atoms with E-state index in [4.69, 9.17) is 4.74 Å². The van der Waals surface area contributed by atoms with Gasteiger partial charge in [-0.05, 0) is 40.9 Å². The molecular formula is C15H25N3O3. The fraction of sp³-hybridized carbons (Fsp3) is 0.600. The average Bonchev–Trinajstić information content (AvgIpc) is 2.35. The largest absolute Gasteiger partial charge is 0.492 e. The number of non-ortho nitro benzene ring substituents is 1. The number of benzene rings is 1. The van der Waals surface area contributed by atoms with Gasteiger partial charge in [0.25, 0.3) is 5.69 Å². The van der Waals surface area contributed by atoms with E-state index in [1.54, 1.807) is 12.1 Å². The van der Waals surface area contributed by atoms with Crippen LogP contribution in [0.4, 0.5) is 5.69 Å². The highest BCUT2D eigenvalue weighted by Gasteiger charge is 2.15. The van der Waals surface area contributed by atoms with Crippen LogP contribution >= 0.6 is 0 Å². The molecule has 6 heteroatoms. The summed E-state index contributed by atoms with van der Waals surface area (Å²) in [6.45, 7) is 8.03. The molecule has 0 aliphatic heterocycles. The first kappa shape index (κ1) is 17.4. The quantitative estimate of drug-likeness (QED) is 0.618. The number of nitrogens with one attached hydrogen (secondary N) is 1. The van der Waals surface area contributed by atoms with E-state index in [0.717, 1.165) is 12.1 Å². The summed E-state index contributed by atoms with van der Waals surface area (Å²) < 4.78 is 5.74. The number of nitro benzene ring substituents is 1. The van der Waals surface area contributed by atoms with Crippen LogP contribution in [-0.4, -0.2) is 42.6 Å². The lowest BCUT2D eigenvalue weighted by molar-refractivity contribution is -0.384. The minimum Gasteiger partial charge on any atom is -0.492 e. The molecule has 0 saturated heterocycles. The van der Waals surface area contributed by atoms with Crippen LogP contribution in [0.1, 0.15) is 26.3 Å². The summed E-state index contributed by atoms with van der Waals surface area (Å²) in [7, 11) is 3.95. The number of nitro groups is 1. The van der Waals surface area contributed by atoms with Crippen LogP contribution in [0.2, 0.25) is 0 Å². The molecule has 1 N–H and O–H groups in total. The van der Waals surface area contributed by atoms with Crippen molar-refractivity contribution in [1.82, 2.24) is 10.2 Å². The molecule has 118 valence electrons. The predicted molar refractivity (Wildman–Crippen MR) is 83.7 cm³/mol. The summed E-state index contributed by atoms with van der Waals surface area (Å²) in [5, 5.41) is 14.2. The van der Waals surface area contributed by atoms with Gasteiger partial charge in [0.15, 0.2) is 0 Å². The summed E-state index contributed by atoms with van der Waals surface area (Å²) in [5.41, 5.74) is 0.824. The maximum absolute atomic E-state index is 10.9. The SMILES string of the molecule is CN(C)CCOc1ccc([N+](=O)[O-])cc1CNC(C)(C)C. The molecule has 0 unspecified atom stereocenters. The smallest absolute Gasteiger partial charge is 0.270 e. The van der Waals surface area contributed by atoms with Gasteiger partial charge >= 0.3 is 0 Å². The van der Waals surface area contributed by atoms with E-state index in [1.807, 2.05) is 19.0 Å². The van der Waals surface area contributed by atoms with Crippen molar-refractivity contribution in [2.45, 2.75) is 32.9 Å². The molecule has 0 aliphatic rings. The normalized spacial score (nSPS) is 11.7.